The molecule has 1 saturated heterocycles. The van der Waals surface area contributed by atoms with Gasteiger partial charge in [-0.1, -0.05) is 56.0 Å². The zero-order valence-electron chi connectivity index (χ0n) is 12.7. The molecule has 2 aliphatic rings. The molecular formula is C18H25NO2. The molecule has 1 aliphatic heterocycles. The maximum atomic E-state index is 12.4. The van der Waals surface area contributed by atoms with E-state index >= 15 is 0 Å². The summed E-state index contributed by atoms with van der Waals surface area (Å²) in [6.45, 7) is 2.09. The lowest BCUT2D eigenvalue weighted by Gasteiger charge is -2.33. The van der Waals surface area contributed by atoms with E-state index in [1.54, 1.807) is 0 Å². The molecule has 0 spiro atoms. The maximum Gasteiger partial charge on any atom is 0.222 e. The van der Waals surface area contributed by atoms with Crippen LogP contribution >= 0.6 is 0 Å². The van der Waals surface area contributed by atoms with Gasteiger partial charge in [0.15, 0.2) is 0 Å². The number of ether oxygens (including phenoxy) is 1. The van der Waals surface area contributed by atoms with Crippen LogP contribution in [0.2, 0.25) is 0 Å². The summed E-state index contributed by atoms with van der Waals surface area (Å²) >= 11 is 0. The highest BCUT2D eigenvalue weighted by molar-refractivity contribution is 5.76. The molecular weight excluding hydrogens is 262 g/mol. The fourth-order valence-electron chi connectivity index (χ4n) is 3.53. The van der Waals surface area contributed by atoms with Gasteiger partial charge in [-0.05, 0) is 17.9 Å². The summed E-state index contributed by atoms with van der Waals surface area (Å²) in [5, 5.41) is 0. The van der Waals surface area contributed by atoms with Gasteiger partial charge in [-0.25, -0.2) is 0 Å². The van der Waals surface area contributed by atoms with E-state index in [4.69, 9.17) is 4.74 Å². The van der Waals surface area contributed by atoms with E-state index in [-0.39, 0.29) is 6.10 Å². The molecule has 21 heavy (non-hydrogen) atoms. The summed E-state index contributed by atoms with van der Waals surface area (Å²) < 4.78 is 5.83. The summed E-state index contributed by atoms with van der Waals surface area (Å²) in [6.07, 6.45) is 7.18. The Morgan fingerprint density at radius 1 is 1.19 bits per heavy atom. The van der Waals surface area contributed by atoms with Crippen molar-refractivity contribution in [2.45, 2.75) is 44.6 Å². The predicted octanol–water partition coefficient (Wildman–Crippen LogP) is 3.56. The van der Waals surface area contributed by atoms with Crippen molar-refractivity contribution in [1.82, 2.24) is 4.90 Å². The van der Waals surface area contributed by atoms with Crippen molar-refractivity contribution >= 4 is 5.91 Å². The average Bonchev–Trinajstić information content (AvgIpc) is 3.07. The Morgan fingerprint density at radius 2 is 1.95 bits per heavy atom. The van der Waals surface area contributed by atoms with Crippen molar-refractivity contribution < 1.29 is 9.53 Å². The molecule has 3 rings (SSSR count). The number of nitrogens with zero attached hydrogens (tertiary/aromatic N) is 1. The third-order valence-corrected chi connectivity index (χ3v) is 4.83. The Morgan fingerprint density at radius 3 is 2.71 bits per heavy atom. The van der Waals surface area contributed by atoms with Gasteiger partial charge in [0.1, 0.15) is 6.10 Å². The van der Waals surface area contributed by atoms with Crippen LogP contribution in [0.1, 0.15) is 50.2 Å². The van der Waals surface area contributed by atoms with E-state index in [2.05, 4.69) is 12.1 Å². The Balaban J connectivity index is 1.51. The van der Waals surface area contributed by atoms with Crippen molar-refractivity contribution in [3.8, 4) is 0 Å². The van der Waals surface area contributed by atoms with Gasteiger partial charge in [-0.15, -0.1) is 0 Å². The number of benzene rings is 1. The van der Waals surface area contributed by atoms with Crippen molar-refractivity contribution in [3.63, 3.8) is 0 Å². The van der Waals surface area contributed by atoms with Crippen molar-refractivity contribution in [2.24, 2.45) is 5.92 Å². The molecule has 0 N–H and O–H groups in total. The Bertz CT molecular complexity index is 454. The number of hydrogen-bond donors (Lipinski definition) is 0. The van der Waals surface area contributed by atoms with Crippen LogP contribution in [0.15, 0.2) is 30.3 Å². The minimum Gasteiger partial charge on any atom is -0.370 e. The van der Waals surface area contributed by atoms with E-state index in [9.17, 15) is 4.79 Å². The van der Waals surface area contributed by atoms with Crippen LogP contribution in [0.25, 0.3) is 0 Å². The van der Waals surface area contributed by atoms with Gasteiger partial charge in [-0.3, -0.25) is 4.79 Å². The van der Waals surface area contributed by atoms with Crippen LogP contribution in [-0.4, -0.2) is 30.5 Å². The average molecular weight is 287 g/mol. The summed E-state index contributed by atoms with van der Waals surface area (Å²) in [7, 11) is 0. The quantitative estimate of drug-likeness (QED) is 0.847. The number of amides is 1. The largest absolute Gasteiger partial charge is 0.370 e. The number of hydrogen-bond acceptors (Lipinski definition) is 2. The molecule has 0 aromatic heterocycles. The molecule has 1 heterocycles. The van der Waals surface area contributed by atoms with Crippen molar-refractivity contribution in [3.05, 3.63) is 35.9 Å². The fourth-order valence-corrected chi connectivity index (χ4v) is 3.53. The highest BCUT2D eigenvalue weighted by atomic mass is 16.5. The first-order valence-electron chi connectivity index (χ1n) is 8.27. The van der Waals surface area contributed by atoms with Gasteiger partial charge in [0.05, 0.1) is 13.2 Å². The summed E-state index contributed by atoms with van der Waals surface area (Å²) in [6, 6.07) is 10.2. The van der Waals surface area contributed by atoms with Crippen LogP contribution in [0.5, 0.6) is 0 Å². The molecule has 1 aliphatic carbocycles. The van der Waals surface area contributed by atoms with Crippen molar-refractivity contribution in [1.29, 1.82) is 0 Å². The highest BCUT2D eigenvalue weighted by Crippen LogP contribution is 2.29. The van der Waals surface area contributed by atoms with Gasteiger partial charge in [0, 0.05) is 13.0 Å². The lowest BCUT2D eigenvalue weighted by molar-refractivity contribution is -0.139. The zero-order valence-corrected chi connectivity index (χ0v) is 12.7. The lowest BCUT2D eigenvalue weighted by Crippen LogP contribution is -2.42. The standard InChI is InChI=1S/C18H25NO2/c20-18(11-10-15-6-4-5-7-15)19-12-13-21-17(14-19)16-8-2-1-3-9-16/h1-3,8-9,15,17H,4-7,10-14H2. The van der Waals surface area contributed by atoms with E-state index in [0.29, 0.717) is 25.5 Å². The second-order valence-corrected chi connectivity index (χ2v) is 6.30. The SMILES string of the molecule is O=C(CCC1CCCC1)N1CCOC(c2ccccc2)C1. The van der Waals surface area contributed by atoms with Gasteiger partial charge >= 0.3 is 0 Å². The third-order valence-electron chi connectivity index (χ3n) is 4.83. The number of carbonyl (C=O) groups is 1. The van der Waals surface area contributed by atoms with Gasteiger partial charge in [0.25, 0.3) is 0 Å². The van der Waals surface area contributed by atoms with Crippen LogP contribution in [0.3, 0.4) is 0 Å². The summed E-state index contributed by atoms with van der Waals surface area (Å²) in [4.78, 5) is 14.4. The molecule has 1 amide bonds. The third kappa shape index (κ3) is 3.85. The Labute approximate surface area is 127 Å². The van der Waals surface area contributed by atoms with Gasteiger partial charge < -0.3 is 9.64 Å². The number of rotatable bonds is 4. The van der Waals surface area contributed by atoms with Gasteiger partial charge in [0.2, 0.25) is 5.91 Å². The molecule has 1 aromatic carbocycles. The van der Waals surface area contributed by atoms with Crippen LogP contribution in [-0.2, 0) is 9.53 Å². The fraction of sp³-hybridized carbons (Fsp3) is 0.611. The van der Waals surface area contributed by atoms with Gasteiger partial charge in [-0.2, -0.15) is 0 Å². The number of morpholine rings is 1. The second kappa shape index (κ2) is 7.08. The Hall–Kier alpha value is -1.35. The first-order chi connectivity index (χ1) is 10.3. The molecule has 0 radical (unpaired) electrons. The monoisotopic (exact) mass is 287 g/mol. The van der Waals surface area contributed by atoms with Crippen LogP contribution in [0, 0.1) is 5.92 Å². The minimum absolute atomic E-state index is 0.0374. The molecule has 114 valence electrons. The van der Waals surface area contributed by atoms with E-state index in [1.807, 2.05) is 23.1 Å². The topological polar surface area (TPSA) is 29.5 Å². The first-order valence-corrected chi connectivity index (χ1v) is 8.27. The second-order valence-electron chi connectivity index (χ2n) is 6.30. The molecule has 1 atom stereocenters. The molecule has 1 unspecified atom stereocenters. The smallest absolute Gasteiger partial charge is 0.222 e. The lowest BCUT2D eigenvalue weighted by atomic mass is 10.0. The Kier molecular flexibility index (Phi) is 4.91. The van der Waals surface area contributed by atoms with Crippen molar-refractivity contribution in [2.75, 3.05) is 19.7 Å². The predicted molar refractivity (Wildman–Crippen MR) is 82.9 cm³/mol. The van der Waals surface area contributed by atoms with E-state index < -0.39 is 0 Å². The molecule has 3 heteroatoms. The normalized spacial score (nSPS) is 23.4. The molecule has 2 fully saturated rings. The number of carbonyl (C=O) groups excluding carboxylic acids is 1. The molecule has 1 saturated carbocycles. The minimum atomic E-state index is 0.0374. The molecule has 1 aromatic rings. The molecule has 3 nitrogen and oxygen atoms in total. The first kappa shape index (κ1) is 14.6. The zero-order chi connectivity index (χ0) is 14.5. The van der Waals surface area contributed by atoms with Crippen LogP contribution in [0.4, 0.5) is 0 Å². The van der Waals surface area contributed by atoms with Crippen LogP contribution < -0.4 is 0 Å². The van der Waals surface area contributed by atoms with E-state index in [0.717, 1.165) is 18.9 Å². The summed E-state index contributed by atoms with van der Waals surface area (Å²) in [5.74, 6) is 1.10. The summed E-state index contributed by atoms with van der Waals surface area (Å²) in [5.41, 5.74) is 1.17. The maximum absolute atomic E-state index is 12.4. The molecule has 0 bridgehead atoms. The van der Waals surface area contributed by atoms with E-state index in [1.165, 1.54) is 31.2 Å². The highest BCUT2D eigenvalue weighted by Gasteiger charge is 2.26.